The molecular formula is C12H16INO2S. The van der Waals surface area contributed by atoms with E-state index in [1.807, 2.05) is 39.0 Å². The fourth-order valence-electron chi connectivity index (χ4n) is 1.14. The van der Waals surface area contributed by atoms with Crippen LogP contribution in [0.25, 0.3) is 0 Å². The number of hydrogen-bond donors (Lipinski definition) is 1. The second-order valence-electron chi connectivity index (χ2n) is 4.56. The minimum Gasteiger partial charge on any atom is -0.459 e. The molecule has 0 spiro atoms. The molecule has 0 amide bonds. The van der Waals surface area contributed by atoms with Crippen LogP contribution in [-0.4, -0.2) is 17.3 Å². The van der Waals surface area contributed by atoms with Crippen LogP contribution in [0, 0.1) is 3.57 Å². The number of thioether (sulfide) groups is 1. The van der Waals surface area contributed by atoms with Gasteiger partial charge in [-0.15, -0.1) is 11.8 Å². The van der Waals surface area contributed by atoms with E-state index in [0.717, 1.165) is 14.2 Å². The lowest BCUT2D eigenvalue weighted by atomic mass is 10.2. The van der Waals surface area contributed by atoms with E-state index in [9.17, 15) is 4.79 Å². The summed E-state index contributed by atoms with van der Waals surface area (Å²) in [5.41, 5.74) is 5.97. The van der Waals surface area contributed by atoms with Crippen LogP contribution in [0.1, 0.15) is 20.8 Å². The average Bonchev–Trinajstić information content (AvgIpc) is 2.13. The van der Waals surface area contributed by atoms with E-state index in [4.69, 9.17) is 10.5 Å². The van der Waals surface area contributed by atoms with Crippen molar-refractivity contribution in [1.82, 2.24) is 0 Å². The fourth-order valence-corrected chi connectivity index (χ4v) is 2.84. The van der Waals surface area contributed by atoms with Crippen molar-refractivity contribution >= 4 is 46.0 Å². The molecular weight excluding hydrogens is 349 g/mol. The predicted octanol–water partition coefficient (Wildman–Crippen LogP) is 3.31. The Labute approximate surface area is 120 Å². The van der Waals surface area contributed by atoms with Gasteiger partial charge in [0, 0.05) is 14.2 Å². The molecule has 0 fully saturated rings. The van der Waals surface area contributed by atoms with Crippen molar-refractivity contribution in [2.75, 3.05) is 11.5 Å². The molecule has 1 aromatic rings. The number of carbonyl (C=O) groups excluding carboxylic acids is 1. The first-order valence-corrected chi connectivity index (χ1v) is 7.24. The summed E-state index contributed by atoms with van der Waals surface area (Å²) in [4.78, 5) is 12.6. The summed E-state index contributed by atoms with van der Waals surface area (Å²) in [7, 11) is 0. The first kappa shape index (κ1) is 14.6. The molecule has 0 aromatic heterocycles. The van der Waals surface area contributed by atoms with Crippen LogP contribution >= 0.6 is 34.4 Å². The second-order valence-corrected chi connectivity index (χ2v) is 6.74. The van der Waals surface area contributed by atoms with Crippen LogP contribution in [-0.2, 0) is 9.53 Å². The van der Waals surface area contributed by atoms with Gasteiger partial charge >= 0.3 is 5.97 Å². The Kier molecular flexibility index (Phi) is 5.12. The SMILES string of the molecule is CC(C)(C)OC(=O)CSc1ccc(N)cc1I. The number of benzene rings is 1. The molecule has 0 aliphatic carbocycles. The Hall–Kier alpha value is -0.430. The van der Waals surface area contributed by atoms with Crippen LogP contribution in [0.5, 0.6) is 0 Å². The largest absolute Gasteiger partial charge is 0.459 e. The maximum absolute atomic E-state index is 11.5. The van der Waals surface area contributed by atoms with Crippen LogP contribution in [0.15, 0.2) is 23.1 Å². The van der Waals surface area contributed by atoms with Crippen molar-refractivity contribution in [3.63, 3.8) is 0 Å². The molecule has 0 aliphatic heterocycles. The van der Waals surface area contributed by atoms with Gasteiger partial charge in [0.05, 0.1) is 5.75 Å². The molecule has 0 saturated carbocycles. The van der Waals surface area contributed by atoms with Gasteiger partial charge in [0.2, 0.25) is 0 Å². The number of esters is 1. The number of carbonyl (C=O) groups is 1. The average molecular weight is 365 g/mol. The Morgan fingerprint density at radius 2 is 2.12 bits per heavy atom. The molecule has 3 nitrogen and oxygen atoms in total. The van der Waals surface area contributed by atoms with E-state index in [0.29, 0.717) is 5.75 Å². The van der Waals surface area contributed by atoms with Crippen molar-refractivity contribution in [3.05, 3.63) is 21.8 Å². The van der Waals surface area contributed by atoms with Gasteiger partial charge < -0.3 is 10.5 Å². The topological polar surface area (TPSA) is 52.3 Å². The minimum absolute atomic E-state index is 0.199. The lowest BCUT2D eigenvalue weighted by Gasteiger charge is -2.19. The summed E-state index contributed by atoms with van der Waals surface area (Å²) in [6.07, 6.45) is 0. The van der Waals surface area contributed by atoms with Gasteiger partial charge in [0.1, 0.15) is 5.60 Å². The first-order valence-electron chi connectivity index (χ1n) is 5.17. The van der Waals surface area contributed by atoms with Gasteiger partial charge in [-0.3, -0.25) is 4.79 Å². The molecule has 0 saturated heterocycles. The van der Waals surface area contributed by atoms with Gasteiger partial charge in [-0.05, 0) is 61.6 Å². The van der Waals surface area contributed by atoms with Gasteiger partial charge in [-0.25, -0.2) is 0 Å². The van der Waals surface area contributed by atoms with E-state index < -0.39 is 5.60 Å². The zero-order chi connectivity index (χ0) is 13.1. The molecule has 0 unspecified atom stereocenters. The highest BCUT2D eigenvalue weighted by atomic mass is 127. The van der Waals surface area contributed by atoms with Crippen molar-refractivity contribution in [2.45, 2.75) is 31.3 Å². The van der Waals surface area contributed by atoms with Crippen molar-refractivity contribution in [2.24, 2.45) is 0 Å². The molecule has 94 valence electrons. The van der Waals surface area contributed by atoms with Crippen LogP contribution in [0.2, 0.25) is 0 Å². The molecule has 1 rings (SSSR count). The summed E-state index contributed by atoms with van der Waals surface area (Å²) in [5, 5.41) is 0. The Balaban J connectivity index is 2.53. The monoisotopic (exact) mass is 365 g/mol. The molecule has 0 heterocycles. The summed E-state index contributed by atoms with van der Waals surface area (Å²) < 4.78 is 6.29. The highest BCUT2D eigenvalue weighted by Crippen LogP contribution is 2.26. The minimum atomic E-state index is -0.425. The third-order valence-corrected chi connectivity index (χ3v) is 4.03. The third-order valence-electron chi connectivity index (χ3n) is 1.72. The number of anilines is 1. The van der Waals surface area contributed by atoms with Gasteiger partial charge in [0.15, 0.2) is 0 Å². The van der Waals surface area contributed by atoms with Crippen molar-refractivity contribution in [3.8, 4) is 0 Å². The number of ether oxygens (including phenoxy) is 1. The van der Waals surface area contributed by atoms with Gasteiger partial charge in [0.25, 0.3) is 0 Å². The Morgan fingerprint density at radius 3 is 2.65 bits per heavy atom. The quantitative estimate of drug-likeness (QED) is 0.387. The standard InChI is InChI=1S/C12H16INO2S/c1-12(2,3)16-11(15)7-17-10-5-4-8(14)6-9(10)13/h4-6H,7,14H2,1-3H3. The highest BCUT2D eigenvalue weighted by Gasteiger charge is 2.16. The Morgan fingerprint density at radius 1 is 1.47 bits per heavy atom. The van der Waals surface area contributed by atoms with E-state index in [2.05, 4.69) is 22.6 Å². The molecule has 1 aromatic carbocycles. The summed E-state index contributed by atoms with van der Waals surface area (Å²) in [6, 6.07) is 5.64. The van der Waals surface area contributed by atoms with Crippen molar-refractivity contribution < 1.29 is 9.53 Å². The second kappa shape index (κ2) is 5.95. The fraction of sp³-hybridized carbons (Fsp3) is 0.417. The number of nitrogens with two attached hydrogens (primary N) is 1. The van der Waals surface area contributed by atoms with Crippen LogP contribution < -0.4 is 5.73 Å². The third kappa shape index (κ3) is 5.63. The summed E-state index contributed by atoms with van der Waals surface area (Å²) in [5.74, 6) is 0.118. The van der Waals surface area contributed by atoms with E-state index >= 15 is 0 Å². The van der Waals surface area contributed by atoms with Gasteiger partial charge in [-0.2, -0.15) is 0 Å². The number of hydrogen-bond acceptors (Lipinski definition) is 4. The van der Waals surface area contributed by atoms with Crippen molar-refractivity contribution in [1.29, 1.82) is 0 Å². The van der Waals surface area contributed by atoms with Crippen LogP contribution in [0.4, 0.5) is 5.69 Å². The molecule has 0 bridgehead atoms. The number of rotatable bonds is 3. The summed E-state index contributed by atoms with van der Waals surface area (Å²) in [6.45, 7) is 5.59. The summed E-state index contributed by atoms with van der Waals surface area (Å²) >= 11 is 3.68. The lowest BCUT2D eigenvalue weighted by Crippen LogP contribution is -2.24. The number of halogens is 1. The lowest BCUT2D eigenvalue weighted by molar-refractivity contribution is -0.151. The van der Waals surface area contributed by atoms with Crippen LogP contribution in [0.3, 0.4) is 0 Å². The molecule has 0 aliphatic rings. The smallest absolute Gasteiger partial charge is 0.316 e. The van der Waals surface area contributed by atoms with Gasteiger partial charge in [-0.1, -0.05) is 0 Å². The normalized spacial score (nSPS) is 11.3. The van der Waals surface area contributed by atoms with E-state index in [-0.39, 0.29) is 5.97 Å². The van der Waals surface area contributed by atoms with E-state index in [1.54, 1.807) is 0 Å². The molecule has 5 heteroatoms. The van der Waals surface area contributed by atoms with E-state index in [1.165, 1.54) is 11.8 Å². The molecule has 0 radical (unpaired) electrons. The maximum Gasteiger partial charge on any atom is 0.316 e. The highest BCUT2D eigenvalue weighted by molar-refractivity contribution is 14.1. The zero-order valence-corrected chi connectivity index (χ0v) is 13.1. The first-order chi connectivity index (χ1) is 7.78. The maximum atomic E-state index is 11.5. The Bertz CT molecular complexity index is 415. The molecule has 2 N–H and O–H groups in total. The zero-order valence-electron chi connectivity index (χ0n) is 10.1. The predicted molar refractivity (Wildman–Crippen MR) is 80.1 cm³/mol. The molecule has 0 atom stereocenters. The molecule has 17 heavy (non-hydrogen) atoms. The number of nitrogen functional groups attached to an aromatic ring is 1.